The molecule has 0 unspecified atom stereocenters. The van der Waals surface area contributed by atoms with Gasteiger partial charge in [0.15, 0.2) is 11.6 Å². The van der Waals surface area contributed by atoms with Gasteiger partial charge in [-0.1, -0.05) is 0 Å². The number of aromatic hydroxyl groups is 1. The van der Waals surface area contributed by atoms with E-state index in [2.05, 4.69) is 15.3 Å². The van der Waals surface area contributed by atoms with Crippen molar-refractivity contribution in [3.05, 3.63) is 46.3 Å². The zero-order valence-electron chi connectivity index (χ0n) is 8.37. The quantitative estimate of drug-likeness (QED) is 0.742. The summed E-state index contributed by atoms with van der Waals surface area (Å²) in [4.78, 5) is 16.8. The fourth-order valence-electron chi connectivity index (χ4n) is 1.21. The molecular weight excluding hydrogens is 232 g/mol. The number of nitrogens with zero attached hydrogens (tertiary/aromatic N) is 1. The van der Waals surface area contributed by atoms with Crippen molar-refractivity contribution in [2.75, 3.05) is 5.32 Å². The van der Waals surface area contributed by atoms with Crippen LogP contribution < -0.4 is 10.9 Å². The molecule has 7 heteroatoms. The molecule has 0 fully saturated rings. The first kappa shape index (κ1) is 11.1. The van der Waals surface area contributed by atoms with E-state index in [4.69, 9.17) is 5.11 Å². The summed E-state index contributed by atoms with van der Waals surface area (Å²) in [5, 5.41) is 11.6. The second-order valence-corrected chi connectivity index (χ2v) is 3.21. The number of aromatic nitrogens is 2. The lowest BCUT2D eigenvalue weighted by Gasteiger charge is -2.05. The maximum absolute atomic E-state index is 12.9. The van der Waals surface area contributed by atoms with Crippen LogP contribution in [0, 0.1) is 11.6 Å². The first-order chi connectivity index (χ1) is 8.04. The van der Waals surface area contributed by atoms with Crippen molar-refractivity contribution in [3.63, 3.8) is 0 Å². The summed E-state index contributed by atoms with van der Waals surface area (Å²) in [5.41, 5.74) is -0.375. The molecule has 0 saturated carbocycles. The van der Waals surface area contributed by atoms with E-state index in [-0.39, 0.29) is 11.6 Å². The van der Waals surface area contributed by atoms with Gasteiger partial charge in [0.25, 0.3) is 5.56 Å². The van der Waals surface area contributed by atoms with Gasteiger partial charge in [-0.05, 0) is 12.1 Å². The lowest BCUT2D eigenvalue weighted by Crippen LogP contribution is -2.08. The van der Waals surface area contributed by atoms with Crippen molar-refractivity contribution in [1.29, 1.82) is 0 Å². The Kier molecular flexibility index (Phi) is 2.73. The molecule has 1 heterocycles. The molecule has 0 saturated heterocycles. The Balaban J connectivity index is 2.31. The highest BCUT2D eigenvalue weighted by atomic mass is 19.2. The number of halogens is 2. The van der Waals surface area contributed by atoms with E-state index in [1.807, 2.05) is 0 Å². The molecule has 1 aromatic carbocycles. The van der Waals surface area contributed by atoms with Gasteiger partial charge in [0, 0.05) is 11.8 Å². The van der Waals surface area contributed by atoms with Crippen molar-refractivity contribution in [3.8, 4) is 5.88 Å². The molecule has 1 aromatic heterocycles. The van der Waals surface area contributed by atoms with Gasteiger partial charge < -0.3 is 10.4 Å². The number of hydrogen-bond donors (Lipinski definition) is 3. The van der Waals surface area contributed by atoms with Crippen molar-refractivity contribution >= 4 is 11.6 Å². The van der Waals surface area contributed by atoms with Gasteiger partial charge in [-0.2, -0.15) is 4.98 Å². The molecule has 0 aliphatic heterocycles. The van der Waals surface area contributed by atoms with Gasteiger partial charge in [-0.15, -0.1) is 0 Å². The summed E-state index contributed by atoms with van der Waals surface area (Å²) in [6.07, 6.45) is 0. The van der Waals surface area contributed by atoms with Crippen LogP contribution in [0.1, 0.15) is 0 Å². The Morgan fingerprint density at radius 3 is 2.65 bits per heavy atom. The van der Waals surface area contributed by atoms with Crippen molar-refractivity contribution in [2.24, 2.45) is 0 Å². The third kappa shape index (κ3) is 2.57. The molecule has 0 bridgehead atoms. The molecule has 3 N–H and O–H groups in total. The van der Waals surface area contributed by atoms with Crippen LogP contribution >= 0.6 is 0 Å². The number of anilines is 2. The van der Waals surface area contributed by atoms with E-state index >= 15 is 0 Å². The first-order valence-corrected chi connectivity index (χ1v) is 4.57. The average Bonchev–Trinajstić information content (AvgIpc) is 2.22. The van der Waals surface area contributed by atoms with Crippen LogP contribution in [0.3, 0.4) is 0 Å². The molecule has 5 nitrogen and oxygen atoms in total. The fourth-order valence-corrected chi connectivity index (χ4v) is 1.21. The van der Waals surface area contributed by atoms with Crippen LogP contribution in [0.4, 0.5) is 20.4 Å². The summed E-state index contributed by atoms with van der Waals surface area (Å²) in [7, 11) is 0. The zero-order valence-corrected chi connectivity index (χ0v) is 8.37. The number of H-pyrrole nitrogens is 1. The minimum Gasteiger partial charge on any atom is -0.493 e. The monoisotopic (exact) mass is 239 g/mol. The van der Waals surface area contributed by atoms with E-state index in [1.54, 1.807) is 0 Å². The predicted molar refractivity (Wildman–Crippen MR) is 56.2 cm³/mol. The highest BCUT2D eigenvalue weighted by Gasteiger charge is 2.04. The highest BCUT2D eigenvalue weighted by molar-refractivity contribution is 5.53. The standard InChI is InChI=1S/C10H7F2N3O2/c11-6-2-1-5(3-7(6)12)13-10-14-8(16)4-9(17)15-10/h1-4H,(H3,13,14,15,16,17). The van der Waals surface area contributed by atoms with Crippen molar-refractivity contribution in [2.45, 2.75) is 0 Å². The van der Waals surface area contributed by atoms with E-state index in [9.17, 15) is 13.6 Å². The van der Waals surface area contributed by atoms with Crippen LogP contribution in [0.15, 0.2) is 29.1 Å². The maximum Gasteiger partial charge on any atom is 0.256 e. The van der Waals surface area contributed by atoms with E-state index in [0.717, 1.165) is 18.2 Å². The Hall–Kier alpha value is -2.44. The Labute approximate surface area is 93.8 Å². The van der Waals surface area contributed by atoms with E-state index in [0.29, 0.717) is 0 Å². The lowest BCUT2D eigenvalue weighted by molar-refractivity contribution is 0.452. The Bertz CT molecular complexity index is 613. The summed E-state index contributed by atoms with van der Waals surface area (Å²) in [5.74, 6) is -2.55. The maximum atomic E-state index is 12.9. The van der Waals surface area contributed by atoms with Crippen LogP contribution in [0.2, 0.25) is 0 Å². The second kappa shape index (κ2) is 4.20. The minimum absolute atomic E-state index is 0.0685. The molecule has 2 aromatic rings. The summed E-state index contributed by atoms with van der Waals surface area (Å²) in [6.45, 7) is 0. The molecule has 2 rings (SSSR count). The number of nitrogens with one attached hydrogen (secondary N) is 2. The van der Waals surface area contributed by atoms with Gasteiger partial charge in [0.2, 0.25) is 11.8 Å². The SMILES string of the molecule is O=c1cc(O)nc(Nc2ccc(F)c(F)c2)[nH]1. The van der Waals surface area contributed by atoms with E-state index < -0.39 is 23.1 Å². The number of benzene rings is 1. The van der Waals surface area contributed by atoms with Crippen LogP contribution in [0.25, 0.3) is 0 Å². The number of aromatic amines is 1. The smallest absolute Gasteiger partial charge is 0.256 e. The van der Waals surface area contributed by atoms with Crippen LogP contribution in [-0.2, 0) is 0 Å². The summed E-state index contributed by atoms with van der Waals surface area (Å²) < 4.78 is 25.5. The fraction of sp³-hybridized carbons (Fsp3) is 0. The molecule has 0 amide bonds. The van der Waals surface area contributed by atoms with Crippen molar-refractivity contribution < 1.29 is 13.9 Å². The highest BCUT2D eigenvalue weighted by Crippen LogP contribution is 2.16. The largest absolute Gasteiger partial charge is 0.493 e. The summed E-state index contributed by atoms with van der Waals surface area (Å²) >= 11 is 0. The van der Waals surface area contributed by atoms with Gasteiger partial charge in [0.1, 0.15) is 0 Å². The van der Waals surface area contributed by atoms with Crippen molar-refractivity contribution in [1.82, 2.24) is 9.97 Å². The number of hydrogen-bond acceptors (Lipinski definition) is 4. The molecule has 17 heavy (non-hydrogen) atoms. The van der Waals surface area contributed by atoms with Gasteiger partial charge in [-0.25, -0.2) is 8.78 Å². The summed E-state index contributed by atoms with van der Waals surface area (Å²) in [6, 6.07) is 3.98. The third-order valence-corrected chi connectivity index (χ3v) is 1.91. The zero-order chi connectivity index (χ0) is 12.4. The van der Waals surface area contributed by atoms with E-state index in [1.165, 1.54) is 6.07 Å². The topological polar surface area (TPSA) is 78.0 Å². The number of rotatable bonds is 2. The Morgan fingerprint density at radius 1 is 1.24 bits per heavy atom. The van der Waals surface area contributed by atoms with Gasteiger partial charge in [0.05, 0.1) is 6.07 Å². The molecule has 88 valence electrons. The molecule has 0 aliphatic rings. The molecule has 0 atom stereocenters. The molecular formula is C10H7F2N3O2. The van der Waals surface area contributed by atoms with Crippen LogP contribution in [-0.4, -0.2) is 15.1 Å². The predicted octanol–water partition coefficient (Wildman–Crippen LogP) is 1.50. The lowest BCUT2D eigenvalue weighted by atomic mass is 10.3. The normalized spacial score (nSPS) is 10.2. The first-order valence-electron chi connectivity index (χ1n) is 4.57. The Morgan fingerprint density at radius 2 is 2.00 bits per heavy atom. The van der Waals surface area contributed by atoms with Gasteiger partial charge >= 0.3 is 0 Å². The second-order valence-electron chi connectivity index (χ2n) is 3.21. The van der Waals surface area contributed by atoms with Crippen LogP contribution in [0.5, 0.6) is 5.88 Å². The molecule has 0 spiro atoms. The molecule has 0 aliphatic carbocycles. The third-order valence-electron chi connectivity index (χ3n) is 1.91. The molecule has 0 radical (unpaired) electrons. The van der Waals surface area contributed by atoms with Gasteiger partial charge in [-0.3, -0.25) is 9.78 Å². The average molecular weight is 239 g/mol. The minimum atomic E-state index is -1.03.